The van der Waals surface area contributed by atoms with E-state index in [9.17, 15) is 4.79 Å². The first kappa shape index (κ1) is 23.3. The number of thioether (sulfide) groups is 1. The van der Waals surface area contributed by atoms with Gasteiger partial charge in [-0.3, -0.25) is 4.79 Å². The third-order valence-electron chi connectivity index (χ3n) is 4.32. The number of carbonyl (C=O) groups is 1. The van der Waals surface area contributed by atoms with Gasteiger partial charge in [-0.15, -0.1) is 11.8 Å². The van der Waals surface area contributed by atoms with E-state index in [0.717, 1.165) is 41.9 Å². The molecule has 0 saturated carbocycles. The fourth-order valence-corrected chi connectivity index (χ4v) is 3.66. The lowest BCUT2D eigenvalue weighted by atomic mass is 10.1. The number of hydrogen-bond donors (Lipinski definition) is 0. The highest BCUT2D eigenvalue weighted by Crippen LogP contribution is 2.24. The third kappa shape index (κ3) is 9.67. The van der Waals surface area contributed by atoms with Crippen molar-refractivity contribution in [2.45, 2.75) is 58.3 Å². The van der Waals surface area contributed by atoms with E-state index in [-0.39, 0.29) is 5.91 Å². The Morgan fingerprint density at radius 3 is 2.15 bits per heavy atom. The van der Waals surface area contributed by atoms with Crippen LogP contribution in [0.4, 0.5) is 0 Å². The van der Waals surface area contributed by atoms with Crippen molar-refractivity contribution in [3.05, 3.63) is 64.8 Å². The van der Waals surface area contributed by atoms with Crippen LogP contribution in [0.3, 0.4) is 0 Å². The van der Waals surface area contributed by atoms with Gasteiger partial charge in [0.25, 0.3) is 5.91 Å². The van der Waals surface area contributed by atoms with Crippen molar-refractivity contribution in [3.8, 4) is 0 Å². The minimum atomic E-state index is 0.0625. The van der Waals surface area contributed by atoms with Crippen molar-refractivity contribution in [1.82, 2.24) is 4.90 Å². The van der Waals surface area contributed by atoms with Gasteiger partial charge in [0.1, 0.15) is 0 Å². The van der Waals surface area contributed by atoms with E-state index in [2.05, 4.69) is 45.9 Å². The molecule has 0 atom stereocenters. The maximum Gasteiger partial charge on any atom is 0.254 e. The van der Waals surface area contributed by atoms with Crippen LogP contribution in [0.1, 0.15) is 63.7 Å². The van der Waals surface area contributed by atoms with Gasteiger partial charge in [-0.25, -0.2) is 0 Å². The average molecular weight is 386 g/mol. The molecule has 1 aromatic carbocycles. The predicted octanol–water partition coefficient (Wildman–Crippen LogP) is 6.90. The average Bonchev–Trinajstić information content (AvgIpc) is 2.61. The second-order valence-electron chi connectivity index (χ2n) is 7.47. The molecular formula is C24H35NOS. The molecule has 1 amide bonds. The summed E-state index contributed by atoms with van der Waals surface area (Å²) < 4.78 is 0. The number of carbonyl (C=O) groups excluding carboxylic acids is 1. The molecule has 27 heavy (non-hydrogen) atoms. The van der Waals surface area contributed by atoms with Gasteiger partial charge in [0, 0.05) is 24.7 Å². The number of amides is 1. The minimum Gasteiger partial charge on any atom is -0.345 e. The van der Waals surface area contributed by atoms with Gasteiger partial charge in [-0.1, -0.05) is 47.1 Å². The van der Waals surface area contributed by atoms with Crippen LogP contribution in [0, 0.1) is 0 Å². The second kappa shape index (κ2) is 12.6. The summed E-state index contributed by atoms with van der Waals surface area (Å²) in [4.78, 5) is 14.9. The van der Waals surface area contributed by atoms with Crippen molar-refractivity contribution < 1.29 is 4.79 Å². The number of hydrogen-bond acceptors (Lipinski definition) is 2. The van der Waals surface area contributed by atoms with Crippen LogP contribution in [-0.2, 0) is 0 Å². The zero-order valence-electron chi connectivity index (χ0n) is 17.8. The summed E-state index contributed by atoms with van der Waals surface area (Å²) in [6.07, 6.45) is 11.4. The maximum atomic E-state index is 12.3. The molecule has 0 spiro atoms. The van der Waals surface area contributed by atoms with E-state index >= 15 is 0 Å². The highest BCUT2D eigenvalue weighted by atomic mass is 32.2. The van der Waals surface area contributed by atoms with Crippen LogP contribution >= 0.6 is 11.8 Å². The molecular weight excluding hydrogens is 350 g/mol. The van der Waals surface area contributed by atoms with Gasteiger partial charge in [0.2, 0.25) is 0 Å². The summed E-state index contributed by atoms with van der Waals surface area (Å²) in [5.74, 6) is 0.958. The maximum absolute atomic E-state index is 12.3. The molecule has 0 radical (unpaired) electrons. The fourth-order valence-electron chi connectivity index (χ4n) is 2.62. The SMILES string of the molecule is CC(C)=CCC/C(C)=C\CC/C(C)=C\CSc1ccccc1C(=O)N(C)C. The summed E-state index contributed by atoms with van der Waals surface area (Å²) in [5, 5.41) is 0. The fraction of sp³-hybridized carbons (Fsp3) is 0.458. The Bertz CT molecular complexity index is 694. The Labute approximate surface area is 170 Å². The molecule has 148 valence electrons. The molecule has 0 aromatic heterocycles. The van der Waals surface area contributed by atoms with E-state index in [4.69, 9.17) is 0 Å². The summed E-state index contributed by atoms with van der Waals surface area (Å²) in [6.45, 7) is 8.73. The zero-order chi connectivity index (χ0) is 20.2. The van der Waals surface area contributed by atoms with Crippen LogP contribution in [0.25, 0.3) is 0 Å². The van der Waals surface area contributed by atoms with Crippen molar-refractivity contribution in [2.24, 2.45) is 0 Å². The predicted molar refractivity (Wildman–Crippen MR) is 121 cm³/mol. The molecule has 0 bridgehead atoms. The van der Waals surface area contributed by atoms with Crippen molar-refractivity contribution in [3.63, 3.8) is 0 Å². The summed E-state index contributed by atoms with van der Waals surface area (Å²) in [6, 6.07) is 7.86. The monoisotopic (exact) mass is 385 g/mol. The molecule has 0 fully saturated rings. The van der Waals surface area contributed by atoms with Gasteiger partial charge in [0.15, 0.2) is 0 Å². The van der Waals surface area contributed by atoms with Crippen LogP contribution in [0.15, 0.2) is 64.1 Å². The first-order valence-electron chi connectivity index (χ1n) is 9.69. The van der Waals surface area contributed by atoms with Crippen LogP contribution in [-0.4, -0.2) is 30.7 Å². The molecule has 0 aliphatic heterocycles. The standard InChI is InChI=1S/C24H35NOS/c1-19(2)11-9-12-20(3)13-10-14-21(4)17-18-27-23-16-8-7-15-22(23)24(26)25(5)6/h7-8,11,13,15-17H,9-10,12,14,18H2,1-6H3/b20-13-,21-17-. The van der Waals surface area contributed by atoms with Gasteiger partial charge in [-0.2, -0.15) is 0 Å². The highest BCUT2D eigenvalue weighted by molar-refractivity contribution is 7.99. The lowest BCUT2D eigenvalue weighted by Gasteiger charge is -2.13. The third-order valence-corrected chi connectivity index (χ3v) is 5.32. The van der Waals surface area contributed by atoms with Crippen LogP contribution in [0.5, 0.6) is 0 Å². The first-order chi connectivity index (χ1) is 12.8. The topological polar surface area (TPSA) is 20.3 Å². The minimum absolute atomic E-state index is 0.0625. The van der Waals surface area contributed by atoms with E-state index in [1.54, 1.807) is 30.8 Å². The Balaban J connectivity index is 2.48. The van der Waals surface area contributed by atoms with E-state index in [0.29, 0.717) is 0 Å². The lowest BCUT2D eigenvalue weighted by molar-refractivity contribution is 0.0824. The Morgan fingerprint density at radius 1 is 0.926 bits per heavy atom. The molecule has 0 unspecified atom stereocenters. The molecule has 0 aliphatic carbocycles. The largest absolute Gasteiger partial charge is 0.345 e. The molecule has 0 aliphatic rings. The normalized spacial score (nSPS) is 12.1. The van der Waals surface area contributed by atoms with Gasteiger partial charge in [-0.05, 0) is 65.5 Å². The summed E-state index contributed by atoms with van der Waals surface area (Å²) in [5.41, 5.74) is 5.07. The number of benzene rings is 1. The van der Waals surface area contributed by atoms with Crippen molar-refractivity contribution in [2.75, 3.05) is 19.8 Å². The summed E-state index contributed by atoms with van der Waals surface area (Å²) >= 11 is 1.73. The molecule has 1 aromatic rings. The number of nitrogens with zero attached hydrogens (tertiary/aromatic N) is 1. The van der Waals surface area contributed by atoms with E-state index in [1.807, 2.05) is 24.3 Å². The van der Waals surface area contributed by atoms with Gasteiger partial charge >= 0.3 is 0 Å². The summed E-state index contributed by atoms with van der Waals surface area (Å²) in [7, 11) is 3.59. The molecule has 0 saturated heterocycles. The van der Waals surface area contributed by atoms with Crippen LogP contribution < -0.4 is 0 Å². The molecule has 1 rings (SSSR count). The Hall–Kier alpha value is -1.74. The van der Waals surface area contributed by atoms with Crippen molar-refractivity contribution >= 4 is 17.7 Å². The zero-order valence-corrected chi connectivity index (χ0v) is 18.7. The molecule has 2 nitrogen and oxygen atoms in total. The van der Waals surface area contributed by atoms with E-state index in [1.165, 1.54) is 16.7 Å². The quantitative estimate of drug-likeness (QED) is 0.322. The molecule has 3 heteroatoms. The number of allylic oxidation sites excluding steroid dienone is 5. The van der Waals surface area contributed by atoms with Gasteiger partial charge in [0.05, 0.1) is 5.56 Å². The smallest absolute Gasteiger partial charge is 0.254 e. The second-order valence-corrected chi connectivity index (χ2v) is 8.53. The molecule has 0 N–H and O–H groups in total. The van der Waals surface area contributed by atoms with E-state index < -0.39 is 0 Å². The first-order valence-corrected chi connectivity index (χ1v) is 10.7. The highest BCUT2D eigenvalue weighted by Gasteiger charge is 2.12. The number of rotatable bonds is 10. The van der Waals surface area contributed by atoms with Gasteiger partial charge < -0.3 is 4.90 Å². The lowest BCUT2D eigenvalue weighted by Crippen LogP contribution is -2.22. The Morgan fingerprint density at radius 2 is 1.52 bits per heavy atom. The molecule has 0 heterocycles. The van der Waals surface area contributed by atoms with Crippen molar-refractivity contribution in [1.29, 1.82) is 0 Å². The van der Waals surface area contributed by atoms with Crippen LogP contribution in [0.2, 0.25) is 0 Å². The Kier molecular flexibility index (Phi) is 10.9.